The molecule has 0 aliphatic carbocycles. The Morgan fingerprint density at radius 2 is 2.00 bits per heavy atom. The minimum absolute atomic E-state index is 0.171. The Balaban J connectivity index is 2.74. The summed E-state index contributed by atoms with van der Waals surface area (Å²) in [6.45, 7) is 1.94. The molecule has 112 valence electrons. The second-order valence-corrected chi connectivity index (χ2v) is 4.59. The average Bonchev–Trinajstić information content (AvgIpc) is 2.29. The maximum Gasteiger partial charge on any atom is 0.573 e. The van der Waals surface area contributed by atoms with E-state index >= 15 is 0 Å². The summed E-state index contributed by atoms with van der Waals surface area (Å²) in [6.07, 6.45) is -4.75. The van der Waals surface area contributed by atoms with E-state index < -0.39 is 18.2 Å². The number of alkyl halides is 3. The van der Waals surface area contributed by atoms with Crippen molar-refractivity contribution in [2.75, 3.05) is 13.6 Å². The molecule has 1 N–H and O–H groups in total. The molecule has 1 unspecified atom stereocenters. The molecular weight excluding hydrogens is 275 g/mol. The number of benzene rings is 1. The number of carboxylic acids is 1. The second-order valence-electron chi connectivity index (χ2n) is 4.59. The molecule has 0 radical (unpaired) electrons. The third-order valence-electron chi connectivity index (χ3n) is 2.65. The molecule has 0 spiro atoms. The average molecular weight is 291 g/mol. The van der Waals surface area contributed by atoms with Gasteiger partial charge in [0.05, 0.1) is 5.92 Å². The first-order chi connectivity index (χ1) is 9.19. The number of aliphatic carboxylic acids is 1. The molecule has 0 aliphatic rings. The SMILES string of the molecule is CC(CN(C)Cc1ccccc1OC(F)(F)F)C(=O)O. The van der Waals surface area contributed by atoms with Crippen LogP contribution in [0.2, 0.25) is 0 Å². The van der Waals surface area contributed by atoms with Gasteiger partial charge >= 0.3 is 12.3 Å². The van der Waals surface area contributed by atoms with Gasteiger partial charge in [0.25, 0.3) is 0 Å². The largest absolute Gasteiger partial charge is 0.573 e. The van der Waals surface area contributed by atoms with E-state index in [4.69, 9.17) is 5.11 Å². The molecule has 0 aromatic heterocycles. The zero-order valence-electron chi connectivity index (χ0n) is 11.1. The smallest absolute Gasteiger partial charge is 0.481 e. The van der Waals surface area contributed by atoms with Crippen LogP contribution in [0, 0.1) is 5.92 Å². The van der Waals surface area contributed by atoms with E-state index in [1.54, 1.807) is 18.0 Å². The Hall–Kier alpha value is -1.76. The fraction of sp³-hybridized carbons (Fsp3) is 0.462. The molecule has 1 aromatic rings. The summed E-state index contributed by atoms with van der Waals surface area (Å²) in [4.78, 5) is 12.4. The number of halogens is 3. The summed E-state index contributed by atoms with van der Waals surface area (Å²) in [6, 6.07) is 5.80. The summed E-state index contributed by atoms with van der Waals surface area (Å²) < 4.78 is 40.7. The number of hydrogen-bond donors (Lipinski definition) is 1. The molecule has 1 rings (SSSR count). The molecule has 0 saturated heterocycles. The van der Waals surface area contributed by atoms with Gasteiger partial charge in [-0.15, -0.1) is 13.2 Å². The number of carboxylic acid groups (broad SMARTS) is 1. The molecule has 7 heteroatoms. The maximum atomic E-state index is 12.3. The van der Waals surface area contributed by atoms with Gasteiger partial charge in [0.15, 0.2) is 0 Å². The zero-order valence-corrected chi connectivity index (χ0v) is 11.1. The number of para-hydroxylation sites is 1. The van der Waals surface area contributed by atoms with Crippen LogP contribution in [0.25, 0.3) is 0 Å². The first kappa shape index (κ1) is 16.3. The Morgan fingerprint density at radius 1 is 1.40 bits per heavy atom. The molecule has 4 nitrogen and oxygen atoms in total. The van der Waals surface area contributed by atoms with Crippen LogP contribution in [0.4, 0.5) is 13.2 Å². The standard InChI is InChI=1S/C13H16F3NO3/c1-9(12(18)19)7-17(2)8-10-5-3-4-6-11(10)20-13(14,15)16/h3-6,9H,7-8H2,1-2H3,(H,18,19). The van der Waals surface area contributed by atoms with Crippen molar-refractivity contribution in [3.63, 3.8) is 0 Å². The molecule has 0 bridgehead atoms. The van der Waals surface area contributed by atoms with Gasteiger partial charge in [0.1, 0.15) is 5.75 Å². The van der Waals surface area contributed by atoms with Crippen LogP contribution in [0.3, 0.4) is 0 Å². The van der Waals surface area contributed by atoms with Crippen LogP contribution in [0.1, 0.15) is 12.5 Å². The van der Waals surface area contributed by atoms with E-state index in [9.17, 15) is 18.0 Å². The molecule has 1 aromatic carbocycles. The van der Waals surface area contributed by atoms with Gasteiger partial charge in [-0.3, -0.25) is 4.79 Å². The molecule has 0 fully saturated rings. The molecule has 1 atom stereocenters. The number of hydrogen-bond acceptors (Lipinski definition) is 3. The minimum atomic E-state index is -4.75. The van der Waals surface area contributed by atoms with Crippen molar-refractivity contribution in [1.82, 2.24) is 4.90 Å². The Kier molecular flexibility index (Phi) is 5.38. The molecule has 0 heterocycles. The minimum Gasteiger partial charge on any atom is -0.481 e. The molecule has 0 aliphatic heterocycles. The van der Waals surface area contributed by atoms with Crippen molar-refractivity contribution in [2.45, 2.75) is 19.8 Å². The Morgan fingerprint density at radius 3 is 2.55 bits per heavy atom. The summed E-state index contributed by atoms with van der Waals surface area (Å²) >= 11 is 0. The molecule has 0 amide bonds. The van der Waals surface area contributed by atoms with Gasteiger partial charge in [0.2, 0.25) is 0 Å². The highest BCUT2D eigenvalue weighted by Gasteiger charge is 2.32. The lowest BCUT2D eigenvalue weighted by molar-refractivity contribution is -0.275. The Labute approximate surface area is 114 Å². The summed E-state index contributed by atoms with van der Waals surface area (Å²) in [7, 11) is 1.64. The fourth-order valence-electron chi connectivity index (χ4n) is 1.76. The van der Waals surface area contributed by atoms with Crippen LogP contribution < -0.4 is 4.74 Å². The quantitative estimate of drug-likeness (QED) is 0.875. The molecular formula is C13H16F3NO3. The first-order valence-electron chi connectivity index (χ1n) is 5.94. The third-order valence-corrected chi connectivity index (χ3v) is 2.65. The van der Waals surface area contributed by atoms with Crippen LogP contribution in [0.5, 0.6) is 5.75 Å². The van der Waals surface area contributed by atoms with E-state index in [0.29, 0.717) is 5.56 Å². The normalized spacial score (nSPS) is 13.3. The maximum absolute atomic E-state index is 12.3. The van der Waals surface area contributed by atoms with Gasteiger partial charge in [-0.2, -0.15) is 0 Å². The van der Waals surface area contributed by atoms with E-state index in [2.05, 4.69) is 4.74 Å². The predicted octanol–water partition coefficient (Wildman–Crippen LogP) is 2.74. The van der Waals surface area contributed by atoms with Gasteiger partial charge in [-0.05, 0) is 13.1 Å². The summed E-state index contributed by atoms with van der Waals surface area (Å²) in [5.41, 5.74) is 0.352. The van der Waals surface area contributed by atoms with Crippen LogP contribution >= 0.6 is 0 Å². The van der Waals surface area contributed by atoms with Crippen molar-refractivity contribution in [3.8, 4) is 5.75 Å². The zero-order chi connectivity index (χ0) is 15.3. The van der Waals surface area contributed by atoms with Crippen molar-refractivity contribution in [2.24, 2.45) is 5.92 Å². The number of ether oxygens (including phenoxy) is 1. The summed E-state index contributed by atoms with van der Waals surface area (Å²) in [5.74, 6) is -1.82. The highest BCUT2D eigenvalue weighted by molar-refractivity contribution is 5.69. The van der Waals surface area contributed by atoms with Crippen LogP contribution in [-0.2, 0) is 11.3 Å². The molecule has 0 saturated carbocycles. The van der Waals surface area contributed by atoms with Gasteiger partial charge in [0, 0.05) is 18.7 Å². The van der Waals surface area contributed by atoms with E-state index in [1.807, 2.05) is 0 Å². The van der Waals surface area contributed by atoms with Crippen molar-refractivity contribution >= 4 is 5.97 Å². The lowest BCUT2D eigenvalue weighted by Crippen LogP contribution is -2.28. The van der Waals surface area contributed by atoms with Crippen molar-refractivity contribution in [3.05, 3.63) is 29.8 Å². The predicted molar refractivity (Wildman–Crippen MR) is 66.3 cm³/mol. The van der Waals surface area contributed by atoms with E-state index in [1.165, 1.54) is 25.1 Å². The first-order valence-corrected chi connectivity index (χ1v) is 5.94. The lowest BCUT2D eigenvalue weighted by atomic mass is 10.1. The topological polar surface area (TPSA) is 49.8 Å². The van der Waals surface area contributed by atoms with Crippen molar-refractivity contribution in [1.29, 1.82) is 0 Å². The van der Waals surface area contributed by atoms with E-state index in [0.717, 1.165) is 0 Å². The third kappa shape index (κ3) is 5.48. The lowest BCUT2D eigenvalue weighted by Gasteiger charge is -2.21. The molecule has 20 heavy (non-hydrogen) atoms. The van der Waals surface area contributed by atoms with Crippen LogP contribution in [0.15, 0.2) is 24.3 Å². The van der Waals surface area contributed by atoms with Gasteiger partial charge < -0.3 is 14.7 Å². The fourth-order valence-corrected chi connectivity index (χ4v) is 1.76. The highest BCUT2D eigenvalue weighted by atomic mass is 19.4. The van der Waals surface area contributed by atoms with Gasteiger partial charge in [-0.1, -0.05) is 25.1 Å². The van der Waals surface area contributed by atoms with Gasteiger partial charge in [-0.25, -0.2) is 0 Å². The van der Waals surface area contributed by atoms with Crippen LogP contribution in [-0.4, -0.2) is 35.9 Å². The van der Waals surface area contributed by atoms with Crippen molar-refractivity contribution < 1.29 is 27.8 Å². The summed E-state index contributed by atoms with van der Waals surface area (Å²) in [5, 5.41) is 8.80. The Bertz CT molecular complexity index is 462. The highest BCUT2D eigenvalue weighted by Crippen LogP contribution is 2.27. The number of nitrogens with zero attached hydrogens (tertiary/aromatic N) is 1. The monoisotopic (exact) mass is 291 g/mol. The second kappa shape index (κ2) is 6.60. The van der Waals surface area contributed by atoms with E-state index in [-0.39, 0.29) is 18.8 Å². The number of rotatable bonds is 6. The number of carbonyl (C=O) groups is 1.